The Balaban J connectivity index is 2.56. The molecule has 0 aromatic heterocycles. The van der Waals surface area contributed by atoms with E-state index in [4.69, 9.17) is 19.4 Å². The van der Waals surface area contributed by atoms with Gasteiger partial charge in [-0.2, -0.15) is 8.62 Å². The lowest BCUT2D eigenvalue weighted by atomic mass is 10.2. The largest absolute Gasteiger partial charge is 0.488 e. The van der Waals surface area contributed by atoms with E-state index in [0.717, 1.165) is 0 Å². The zero-order valence-corrected chi connectivity index (χ0v) is 14.1. The zero-order chi connectivity index (χ0) is 16.5. The van der Waals surface area contributed by atoms with E-state index < -0.39 is 34.7 Å². The fourth-order valence-electron chi connectivity index (χ4n) is 1.56. The molecule has 15 heteroatoms. The number of ether oxygens (including phenoxy) is 1. The normalized spacial score (nSPS) is 32.6. The van der Waals surface area contributed by atoms with E-state index in [9.17, 15) is 23.7 Å². The summed E-state index contributed by atoms with van der Waals surface area (Å²) in [6.07, 6.45) is -1.54. The highest BCUT2D eigenvalue weighted by Crippen LogP contribution is 2.70. The van der Waals surface area contributed by atoms with Gasteiger partial charge in [0.05, 0.1) is 18.3 Å². The average molecular weight is 388 g/mol. The number of aliphatic hydroxyl groups excluding tert-OH is 1. The van der Waals surface area contributed by atoms with Crippen molar-refractivity contribution in [2.45, 2.75) is 31.7 Å². The van der Waals surface area contributed by atoms with Gasteiger partial charge in [-0.1, -0.05) is 0 Å². The van der Waals surface area contributed by atoms with Crippen molar-refractivity contribution in [1.29, 1.82) is 0 Å². The van der Waals surface area contributed by atoms with E-state index in [1.165, 1.54) is 0 Å². The van der Waals surface area contributed by atoms with Gasteiger partial charge in [0.2, 0.25) is 0 Å². The van der Waals surface area contributed by atoms with Crippen LogP contribution in [0.15, 0.2) is 0 Å². The van der Waals surface area contributed by atoms with Crippen LogP contribution in [0.3, 0.4) is 0 Å². The molecule has 1 heterocycles. The van der Waals surface area contributed by atoms with Crippen molar-refractivity contribution < 1.29 is 51.7 Å². The van der Waals surface area contributed by atoms with Gasteiger partial charge in [0.1, 0.15) is 0 Å². The predicted octanol–water partition coefficient (Wildman–Crippen LogP) is 0.585. The number of rotatable bonds is 7. The molecule has 126 valence electrons. The van der Waals surface area contributed by atoms with Crippen LogP contribution >= 0.6 is 33.8 Å². The van der Waals surface area contributed by atoms with Crippen molar-refractivity contribution in [1.82, 2.24) is 0 Å². The van der Waals surface area contributed by atoms with E-state index in [1.54, 1.807) is 6.92 Å². The Morgan fingerprint density at radius 1 is 1.19 bits per heavy atom. The second-order valence-corrected chi connectivity index (χ2v) is 11.1. The molecule has 21 heavy (non-hydrogen) atoms. The maximum absolute atomic E-state index is 11.6. The van der Waals surface area contributed by atoms with Crippen LogP contribution in [-0.4, -0.2) is 48.7 Å². The standard InChI is InChI=1S/C6H15O11P3S/c1-4-2-5(7)6(15-4)3-21-20(13,14)17-19(11,12)16-18(8,9)10/h4-7H,2-3H2,1H3,(H,11,12)(H,13,14)(H2,8,9,10)/t4-,5?,6+/m0/s1. The van der Waals surface area contributed by atoms with E-state index in [2.05, 4.69) is 8.62 Å². The van der Waals surface area contributed by atoms with Crippen LogP contribution in [0, 0.1) is 0 Å². The van der Waals surface area contributed by atoms with Crippen LogP contribution in [0.4, 0.5) is 0 Å². The molecule has 5 atom stereocenters. The number of hydrogen-bond donors (Lipinski definition) is 5. The molecule has 1 aliphatic rings. The van der Waals surface area contributed by atoms with E-state index in [0.29, 0.717) is 6.42 Å². The summed E-state index contributed by atoms with van der Waals surface area (Å²) in [6.45, 7) is -3.06. The second-order valence-electron chi connectivity index (χ2n) is 4.17. The van der Waals surface area contributed by atoms with Gasteiger partial charge in [0.15, 0.2) is 0 Å². The lowest BCUT2D eigenvalue weighted by Crippen LogP contribution is -2.23. The summed E-state index contributed by atoms with van der Waals surface area (Å²) in [6, 6.07) is 0. The summed E-state index contributed by atoms with van der Waals surface area (Å²) in [4.78, 5) is 35.0. The highest BCUT2D eigenvalue weighted by Gasteiger charge is 2.41. The van der Waals surface area contributed by atoms with Crippen molar-refractivity contribution in [3.8, 4) is 0 Å². The van der Waals surface area contributed by atoms with E-state index >= 15 is 0 Å². The molecule has 0 aliphatic carbocycles. The Hall–Kier alpha value is 0.720. The fraction of sp³-hybridized carbons (Fsp3) is 1.00. The van der Waals surface area contributed by atoms with Crippen molar-refractivity contribution in [2.75, 3.05) is 5.75 Å². The van der Waals surface area contributed by atoms with E-state index in [-0.39, 0.29) is 23.2 Å². The minimum atomic E-state index is -5.42. The summed E-state index contributed by atoms with van der Waals surface area (Å²) in [5.74, 6) is -0.227. The highest BCUT2D eigenvalue weighted by atomic mass is 32.7. The van der Waals surface area contributed by atoms with Gasteiger partial charge in [-0.15, -0.1) is 0 Å². The summed E-state index contributed by atoms with van der Waals surface area (Å²) >= 11 is 0.173. The first-order valence-corrected chi connectivity index (χ1v) is 11.6. The number of hydrogen-bond acceptors (Lipinski definition) is 8. The molecule has 11 nitrogen and oxygen atoms in total. The lowest BCUT2D eigenvalue weighted by Gasteiger charge is -2.18. The Morgan fingerprint density at radius 2 is 1.76 bits per heavy atom. The van der Waals surface area contributed by atoms with Crippen LogP contribution in [0.5, 0.6) is 0 Å². The molecule has 0 radical (unpaired) electrons. The highest BCUT2D eigenvalue weighted by molar-refractivity contribution is 8.55. The molecular formula is C6H15O11P3S. The molecule has 0 spiro atoms. The maximum Gasteiger partial charge on any atom is 0.488 e. The van der Waals surface area contributed by atoms with Gasteiger partial charge < -0.3 is 29.4 Å². The molecule has 3 unspecified atom stereocenters. The fourth-order valence-corrected chi connectivity index (χ4v) is 7.08. The average Bonchev–Trinajstić information content (AvgIpc) is 2.48. The van der Waals surface area contributed by atoms with E-state index in [1.807, 2.05) is 0 Å². The van der Waals surface area contributed by atoms with Crippen LogP contribution in [-0.2, 0) is 27.1 Å². The number of aliphatic hydroxyl groups is 1. The minimum Gasteiger partial charge on any atom is -0.390 e. The Bertz CT molecular complexity index is 504. The first kappa shape index (κ1) is 19.8. The SMILES string of the molecule is C[C@H]1CC(O)[C@@H](CSP(=O)(O)OP(=O)(O)OP(=O)(O)O)O1. The Labute approximate surface area is 123 Å². The summed E-state index contributed by atoms with van der Waals surface area (Å²) in [5.41, 5.74) is 0. The van der Waals surface area contributed by atoms with Gasteiger partial charge >= 0.3 is 22.4 Å². The summed E-state index contributed by atoms with van der Waals surface area (Å²) in [7, 11) is -10.8. The monoisotopic (exact) mass is 388 g/mol. The molecule has 1 rings (SSSR count). The van der Waals surface area contributed by atoms with Crippen LogP contribution in [0.2, 0.25) is 0 Å². The molecule has 1 fully saturated rings. The molecule has 0 saturated carbocycles. The molecule has 1 saturated heterocycles. The molecule has 0 aromatic rings. The molecular weight excluding hydrogens is 373 g/mol. The van der Waals surface area contributed by atoms with Crippen LogP contribution < -0.4 is 0 Å². The molecule has 0 bridgehead atoms. The molecule has 0 aromatic carbocycles. The van der Waals surface area contributed by atoms with Gasteiger partial charge in [-0.3, -0.25) is 0 Å². The quantitative estimate of drug-likeness (QED) is 0.384. The first-order valence-electron chi connectivity index (χ1n) is 5.41. The third-order valence-electron chi connectivity index (χ3n) is 2.23. The van der Waals surface area contributed by atoms with Gasteiger partial charge in [0, 0.05) is 12.2 Å². The van der Waals surface area contributed by atoms with Crippen molar-refractivity contribution in [3.05, 3.63) is 0 Å². The third-order valence-corrected chi connectivity index (χ3v) is 8.38. The van der Waals surface area contributed by atoms with Crippen molar-refractivity contribution in [2.24, 2.45) is 0 Å². The minimum absolute atomic E-state index is 0.173. The topological polar surface area (TPSA) is 180 Å². The third kappa shape index (κ3) is 7.69. The van der Waals surface area contributed by atoms with Crippen molar-refractivity contribution >= 4 is 33.8 Å². The Morgan fingerprint density at radius 3 is 2.19 bits per heavy atom. The Kier molecular flexibility index (Phi) is 6.67. The number of phosphoric acid groups is 2. The van der Waals surface area contributed by atoms with Gasteiger partial charge in [-0.05, 0) is 18.3 Å². The molecule has 1 aliphatic heterocycles. The summed E-state index contributed by atoms with van der Waals surface area (Å²) in [5, 5.41) is 9.56. The predicted molar refractivity (Wildman–Crippen MR) is 71.3 cm³/mol. The van der Waals surface area contributed by atoms with Gasteiger partial charge in [0.25, 0.3) is 0 Å². The van der Waals surface area contributed by atoms with Crippen LogP contribution in [0.1, 0.15) is 13.3 Å². The first-order chi connectivity index (χ1) is 9.30. The zero-order valence-electron chi connectivity index (χ0n) is 10.6. The second kappa shape index (κ2) is 7.09. The summed E-state index contributed by atoms with van der Waals surface area (Å²) < 4.78 is 45.6. The van der Waals surface area contributed by atoms with Crippen molar-refractivity contribution in [3.63, 3.8) is 0 Å². The molecule has 5 N–H and O–H groups in total. The van der Waals surface area contributed by atoms with Gasteiger partial charge in [-0.25, -0.2) is 13.7 Å². The smallest absolute Gasteiger partial charge is 0.390 e. The maximum atomic E-state index is 11.6. The van der Waals surface area contributed by atoms with Crippen LogP contribution in [0.25, 0.3) is 0 Å². The molecule has 0 amide bonds. The lowest BCUT2D eigenvalue weighted by molar-refractivity contribution is 0.0318.